The molecule has 1 fully saturated rings. The molecule has 0 aliphatic carbocycles. The number of rotatable bonds is 5. The summed E-state index contributed by atoms with van der Waals surface area (Å²) in [6.45, 7) is 6.98. The van der Waals surface area contributed by atoms with Crippen molar-refractivity contribution in [2.45, 2.75) is 58.7 Å². The van der Waals surface area contributed by atoms with Gasteiger partial charge < -0.3 is 4.52 Å². The molecule has 6 heteroatoms. The summed E-state index contributed by atoms with van der Waals surface area (Å²) in [4.78, 5) is 2.50. The van der Waals surface area contributed by atoms with E-state index < -0.39 is 0 Å². The van der Waals surface area contributed by atoms with E-state index in [1.54, 1.807) is 12.1 Å². The van der Waals surface area contributed by atoms with E-state index in [9.17, 15) is 4.39 Å². The van der Waals surface area contributed by atoms with E-state index in [4.69, 9.17) is 4.52 Å². The van der Waals surface area contributed by atoms with Crippen LogP contribution in [-0.4, -0.2) is 26.4 Å². The highest BCUT2D eigenvalue weighted by Crippen LogP contribution is 2.33. The van der Waals surface area contributed by atoms with Crippen molar-refractivity contribution in [2.24, 2.45) is 0 Å². The highest BCUT2D eigenvalue weighted by molar-refractivity contribution is 5.57. The molecule has 0 saturated carbocycles. The number of likely N-dealkylation sites (tertiary alicyclic amines) is 1. The van der Waals surface area contributed by atoms with Crippen molar-refractivity contribution in [1.29, 1.82) is 0 Å². The van der Waals surface area contributed by atoms with Gasteiger partial charge in [0, 0.05) is 36.5 Å². The zero-order valence-corrected chi connectivity index (χ0v) is 16.6. The van der Waals surface area contributed by atoms with Crippen LogP contribution in [0.4, 0.5) is 4.39 Å². The minimum Gasteiger partial charge on any atom is -0.356 e. The number of aryl methyl sites for hydroxylation is 2. The molecular formula is C22H27FN4O. The Kier molecular flexibility index (Phi) is 5.57. The van der Waals surface area contributed by atoms with Crippen molar-refractivity contribution < 1.29 is 8.91 Å². The van der Waals surface area contributed by atoms with Crippen LogP contribution in [0, 0.1) is 12.7 Å². The van der Waals surface area contributed by atoms with Crippen LogP contribution in [-0.2, 0) is 13.1 Å². The van der Waals surface area contributed by atoms with Crippen molar-refractivity contribution in [3.63, 3.8) is 0 Å². The zero-order chi connectivity index (χ0) is 19.5. The van der Waals surface area contributed by atoms with Gasteiger partial charge in [-0.25, -0.2) is 4.39 Å². The first-order valence-electron chi connectivity index (χ1n) is 10.1. The maximum absolute atomic E-state index is 13.2. The molecular weight excluding hydrogens is 355 g/mol. The van der Waals surface area contributed by atoms with E-state index in [1.165, 1.54) is 37.0 Å². The fourth-order valence-electron chi connectivity index (χ4n) is 3.98. The van der Waals surface area contributed by atoms with Crippen molar-refractivity contribution >= 4 is 0 Å². The second kappa shape index (κ2) is 8.27. The highest BCUT2D eigenvalue weighted by Gasteiger charge is 2.27. The molecule has 0 N–H and O–H groups in total. The standard InChI is InChI=1S/C22H27FN4O/c1-3-27-15-18(16(2)24-27)14-26-12-6-4-5-7-21(26)20-13-22(28-25-20)17-8-10-19(23)11-9-17/h8-11,13,15,21H,3-7,12,14H2,1-2H3/t21-/m0/s1. The minimum absolute atomic E-state index is 0.227. The SMILES string of the molecule is CCn1cc(CN2CCCCC[C@H]2c2cc(-c3ccc(F)cc3)on2)c(C)n1. The molecule has 28 heavy (non-hydrogen) atoms. The molecule has 4 rings (SSSR count). The average Bonchev–Trinajstić information content (AvgIpc) is 3.24. The summed E-state index contributed by atoms with van der Waals surface area (Å²) < 4.78 is 20.8. The predicted octanol–water partition coefficient (Wildman–Crippen LogP) is 5.12. The van der Waals surface area contributed by atoms with Crippen molar-refractivity contribution in [2.75, 3.05) is 6.54 Å². The third-order valence-electron chi connectivity index (χ3n) is 5.61. The molecule has 1 saturated heterocycles. The van der Waals surface area contributed by atoms with Gasteiger partial charge in [-0.1, -0.05) is 18.0 Å². The summed E-state index contributed by atoms with van der Waals surface area (Å²) in [5.74, 6) is 0.440. The predicted molar refractivity (Wildman–Crippen MR) is 106 cm³/mol. The molecule has 0 bridgehead atoms. The fourth-order valence-corrected chi connectivity index (χ4v) is 3.98. The molecule has 1 aromatic carbocycles. The van der Waals surface area contributed by atoms with Gasteiger partial charge in [0.2, 0.25) is 0 Å². The van der Waals surface area contributed by atoms with Gasteiger partial charge in [0.15, 0.2) is 5.76 Å². The molecule has 1 atom stereocenters. The van der Waals surface area contributed by atoms with Gasteiger partial charge in [0.25, 0.3) is 0 Å². The second-order valence-electron chi connectivity index (χ2n) is 7.55. The quantitative estimate of drug-likeness (QED) is 0.614. The molecule has 0 amide bonds. The normalized spacial score (nSPS) is 18.3. The number of benzene rings is 1. The molecule has 2 aromatic heterocycles. The lowest BCUT2D eigenvalue weighted by molar-refractivity contribution is 0.183. The zero-order valence-electron chi connectivity index (χ0n) is 16.6. The molecule has 3 heterocycles. The Morgan fingerprint density at radius 2 is 2.00 bits per heavy atom. The summed E-state index contributed by atoms with van der Waals surface area (Å²) >= 11 is 0. The topological polar surface area (TPSA) is 47.1 Å². The van der Waals surface area contributed by atoms with E-state index in [0.717, 1.165) is 43.0 Å². The van der Waals surface area contributed by atoms with Crippen molar-refractivity contribution in [3.05, 3.63) is 59.3 Å². The lowest BCUT2D eigenvalue weighted by Gasteiger charge is -2.28. The number of halogens is 1. The Morgan fingerprint density at radius 1 is 1.18 bits per heavy atom. The number of nitrogens with zero attached hydrogens (tertiary/aromatic N) is 4. The Balaban J connectivity index is 1.58. The first-order valence-corrected chi connectivity index (χ1v) is 10.1. The van der Waals surface area contributed by atoms with Crippen LogP contribution in [0.2, 0.25) is 0 Å². The monoisotopic (exact) mass is 382 g/mol. The first kappa shape index (κ1) is 18.9. The van der Waals surface area contributed by atoms with Crippen LogP contribution in [0.25, 0.3) is 11.3 Å². The third-order valence-corrected chi connectivity index (χ3v) is 5.61. The summed E-state index contributed by atoms with van der Waals surface area (Å²) in [5, 5.41) is 8.98. The maximum atomic E-state index is 13.2. The van der Waals surface area contributed by atoms with Crippen molar-refractivity contribution in [1.82, 2.24) is 19.8 Å². The van der Waals surface area contributed by atoms with Gasteiger partial charge in [-0.3, -0.25) is 9.58 Å². The number of hydrogen-bond acceptors (Lipinski definition) is 4. The Labute approximate surface area is 165 Å². The highest BCUT2D eigenvalue weighted by atomic mass is 19.1. The number of hydrogen-bond donors (Lipinski definition) is 0. The molecule has 3 aromatic rings. The van der Waals surface area contributed by atoms with E-state index in [2.05, 4.69) is 35.2 Å². The van der Waals surface area contributed by atoms with Crippen LogP contribution in [0.15, 0.2) is 41.1 Å². The Bertz CT molecular complexity index is 915. The van der Waals surface area contributed by atoms with Crippen molar-refractivity contribution in [3.8, 4) is 11.3 Å². The van der Waals surface area contributed by atoms with Crippen LogP contribution in [0.3, 0.4) is 0 Å². The van der Waals surface area contributed by atoms with Crippen LogP contribution < -0.4 is 0 Å². The Morgan fingerprint density at radius 3 is 2.75 bits per heavy atom. The van der Waals surface area contributed by atoms with E-state index in [1.807, 2.05) is 10.7 Å². The maximum Gasteiger partial charge on any atom is 0.167 e. The largest absolute Gasteiger partial charge is 0.356 e. The summed E-state index contributed by atoms with van der Waals surface area (Å²) in [5.41, 5.74) is 4.18. The van der Waals surface area contributed by atoms with Gasteiger partial charge in [-0.05, 0) is 57.5 Å². The third kappa shape index (κ3) is 4.02. The first-order chi connectivity index (χ1) is 13.6. The van der Waals surface area contributed by atoms with Crippen LogP contribution in [0.5, 0.6) is 0 Å². The van der Waals surface area contributed by atoms with Gasteiger partial charge in [-0.2, -0.15) is 5.10 Å². The van der Waals surface area contributed by atoms with E-state index in [-0.39, 0.29) is 11.9 Å². The van der Waals surface area contributed by atoms with Gasteiger partial charge in [-0.15, -0.1) is 0 Å². The average molecular weight is 382 g/mol. The van der Waals surface area contributed by atoms with Crippen LogP contribution >= 0.6 is 0 Å². The lowest BCUT2D eigenvalue weighted by atomic mass is 10.0. The van der Waals surface area contributed by atoms with Gasteiger partial charge in [0.1, 0.15) is 11.5 Å². The molecule has 5 nitrogen and oxygen atoms in total. The lowest BCUT2D eigenvalue weighted by Crippen LogP contribution is -2.28. The summed E-state index contributed by atoms with van der Waals surface area (Å²) in [7, 11) is 0. The second-order valence-corrected chi connectivity index (χ2v) is 7.55. The van der Waals surface area contributed by atoms with E-state index >= 15 is 0 Å². The van der Waals surface area contributed by atoms with Crippen LogP contribution in [0.1, 0.15) is 55.6 Å². The molecule has 148 valence electrons. The molecule has 0 radical (unpaired) electrons. The molecule has 0 unspecified atom stereocenters. The minimum atomic E-state index is -0.249. The fraction of sp³-hybridized carbons (Fsp3) is 0.455. The van der Waals surface area contributed by atoms with Gasteiger partial charge in [0.05, 0.1) is 11.7 Å². The molecule has 1 aliphatic rings. The summed E-state index contributed by atoms with van der Waals surface area (Å²) in [6.07, 6.45) is 6.84. The molecule has 1 aliphatic heterocycles. The smallest absolute Gasteiger partial charge is 0.167 e. The number of aromatic nitrogens is 3. The Hall–Kier alpha value is -2.47. The summed E-state index contributed by atoms with van der Waals surface area (Å²) in [6, 6.07) is 8.59. The van der Waals surface area contributed by atoms with E-state index in [0.29, 0.717) is 5.76 Å². The molecule has 0 spiro atoms. The van der Waals surface area contributed by atoms with Gasteiger partial charge >= 0.3 is 0 Å².